The van der Waals surface area contributed by atoms with E-state index in [2.05, 4.69) is 57.2 Å². The summed E-state index contributed by atoms with van der Waals surface area (Å²) in [6, 6.07) is 6.51. The molecule has 3 amide bonds. The molecule has 5 atom stereocenters. The summed E-state index contributed by atoms with van der Waals surface area (Å²) in [5, 5.41) is 25.2. The summed E-state index contributed by atoms with van der Waals surface area (Å²) < 4.78 is 0. The van der Waals surface area contributed by atoms with Crippen molar-refractivity contribution in [2.75, 3.05) is 13.2 Å². The van der Waals surface area contributed by atoms with Gasteiger partial charge >= 0.3 is 0 Å². The van der Waals surface area contributed by atoms with E-state index in [1.807, 2.05) is 52.0 Å². The van der Waals surface area contributed by atoms with Gasteiger partial charge in [-0.2, -0.15) is 0 Å². The minimum atomic E-state index is -0.712. The largest absolute Gasteiger partial charge is 0.394 e. The van der Waals surface area contributed by atoms with Gasteiger partial charge in [0.05, 0.1) is 34.8 Å². The van der Waals surface area contributed by atoms with Gasteiger partial charge in [0.1, 0.15) is 6.04 Å². The van der Waals surface area contributed by atoms with Crippen molar-refractivity contribution in [2.24, 2.45) is 17.3 Å². The number of carbonyl (C=O) groups is 3. The summed E-state index contributed by atoms with van der Waals surface area (Å²) in [4.78, 5) is 41.8. The van der Waals surface area contributed by atoms with Crippen LogP contribution >= 0.6 is 11.3 Å². The second-order valence-corrected chi connectivity index (χ2v) is 12.8. The second kappa shape index (κ2) is 17.3. The second-order valence-electron chi connectivity index (χ2n) is 12.0. The Morgan fingerprint density at radius 3 is 2.17 bits per heavy atom. The van der Waals surface area contributed by atoms with Crippen LogP contribution in [-0.4, -0.2) is 69.7 Å². The molecule has 2 heterocycles. The van der Waals surface area contributed by atoms with E-state index in [4.69, 9.17) is 0 Å². The Bertz CT molecular complexity index is 1110. The van der Waals surface area contributed by atoms with E-state index in [9.17, 15) is 24.6 Å². The number of hydrogen-bond acceptors (Lipinski definition) is 7. The van der Waals surface area contributed by atoms with E-state index in [0.717, 1.165) is 21.7 Å². The summed E-state index contributed by atoms with van der Waals surface area (Å²) in [6.07, 6.45) is 0.0675. The number of thiazole rings is 1. The van der Waals surface area contributed by atoms with Crippen molar-refractivity contribution in [2.45, 2.75) is 99.9 Å². The number of carbonyl (C=O) groups excluding carboxylic acids is 3. The van der Waals surface area contributed by atoms with Gasteiger partial charge in [0.15, 0.2) is 0 Å². The molecule has 1 aliphatic rings. The number of nitrogens with zero attached hydrogens (tertiary/aromatic N) is 2. The molecule has 0 spiro atoms. The first-order valence-corrected chi connectivity index (χ1v) is 15.7. The lowest BCUT2D eigenvalue weighted by Crippen LogP contribution is -2.44. The number of aryl methyl sites for hydroxylation is 1. The van der Waals surface area contributed by atoms with Crippen LogP contribution in [0.4, 0.5) is 0 Å². The molecule has 1 aliphatic heterocycles. The van der Waals surface area contributed by atoms with Crippen molar-refractivity contribution in [1.82, 2.24) is 20.5 Å². The molecule has 0 aliphatic carbocycles. The third-order valence-corrected chi connectivity index (χ3v) is 8.62. The quantitative estimate of drug-likeness (QED) is 0.307. The molecule has 3 rings (SSSR count). The van der Waals surface area contributed by atoms with Gasteiger partial charge < -0.3 is 25.7 Å². The van der Waals surface area contributed by atoms with Crippen LogP contribution in [0.3, 0.4) is 0 Å². The Hall–Kier alpha value is -2.82. The van der Waals surface area contributed by atoms with Crippen LogP contribution in [0.25, 0.3) is 10.4 Å². The maximum absolute atomic E-state index is 12.5. The van der Waals surface area contributed by atoms with E-state index in [1.165, 1.54) is 4.90 Å². The molecule has 1 aromatic carbocycles. The molecule has 0 radical (unpaired) electrons. The lowest BCUT2D eigenvalue weighted by molar-refractivity contribution is -0.131. The topological polar surface area (TPSA) is 132 Å². The summed E-state index contributed by atoms with van der Waals surface area (Å²) >= 11 is 1.56. The smallest absolute Gasteiger partial charge is 0.243 e. The van der Waals surface area contributed by atoms with Crippen molar-refractivity contribution < 1.29 is 24.6 Å². The molecule has 1 saturated heterocycles. The zero-order valence-electron chi connectivity index (χ0n) is 27.0. The molecule has 4 N–H and O–H groups in total. The first-order valence-electron chi connectivity index (χ1n) is 14.8. The Morgan fingerprint density at radius 2 is 1.71 bits per heavy atom. The van der Waals surface area contributed by atoms with Crippen LogP contribution in [0.1, 0.15) is 86.0 Å². The lowest BCUT2D eigenvalue weighted by Gasteiger charge is -2.29. The zero-order chi connectivity index (χ0) is 32.2. The molecule has 42 heavy (non-hydrogen) atoms. The standard InChI is InChI=1S/C18H21N3O4S.C12H25NO.C2H6/c1-11-17(26-9-19-11)13-4-2-12(3-5-13)15(8-22)20-18(25)16-6-14(24)7-21(16)10-23;1-8(2)9(3)11(14)13-10(4)12(5,6)7;1-2/h2-5,9-10,14-16,22,24H,6-8H2,1H3,(H,20,25);8-10H,1-7H3,(H,13,14);1-2H3. The monoisotopic (exact) mass is 604 g/mol. The number of nitrogens with one attached hydrogen (secondary N) is 2. The zero-order valence-corrected chi connectivity index (χ0v) is 27.8. The predicted molar refractivity (Wildman–Crippen MR) is 170 cm³/mol. The lowest BCUT2D eigenvalue weighted by atomic mass is 9.87. The summed E-state index contributed by atoms with van der Waals surface area (Å²) in [5.41, 5.74) is 4.69. The SMILES string of the molecule is CC.CC(C)C(C)C(=O)NC(C)C(C)(C)C.Cc1ncsc1-c1ccc(C(CO)NC(=O)C2CC(O)CN2C=O)cc1. The van der Waals surface area contributed by atoms with Crippen LogP contribution in [-0.2, 0) is 14.4 Å². The highest BCUT2D eigenvalue weighted by molar-refractivity contribution is 7.13. The molecule has 5 unspecified atom stereocenters. The summed E-state index contributed by atoms with van der Waals surface area (Å²) in [7, 11) is 0. The van der Waals surface area contributed by atoms with Gasteiger partial charge in [-0.25, -0.2) is 4.98 Å². The first kappa shape index (κ1) is 37.2. The number of aliphatic hydroxyl groups excluding tert-OH is 2. The summed E-state index contributed by atoms with van der Waals surface area (Å²) in [6.45, 7) is 20.4. The Labute approximate surface area is 256 Å². The number of aliphatic hydroxyl groups is 2. The van der Waals surface area contributed by atoms with Gasteiger partial charge in [-0.1, -0.05) is 79.7 Å². The van der Waals surface area contributed by atoms with E-state index < -0.39 is 18.2 Å². The summed E-state index contributed by atoms with van der Waals surface area (Å²) in [5.74, 6) is 0.291. The van der Waals surface area contributed by atoms with E-state index >= 15 is 0 Å². The molecular weight excluding hydrogens is 552 g/mol. The Morgan fingerprint density at radius 1 is 1.12 bits per heavy atom. The molecule has 0 bridgehead atoms. The molecule has 9 nitrogen and oxygen atoms in total. The van der Waals surface area contributed by atoms with Crippen molar-refractivity contribution >= 4 is 29.6 Å². The first-order chi connectivity index (χ1) is 19.7. The van der Waals surface area contributed by atoms with Crippen LogP contribution in [0, 0.1) is 24.2 Å². The minimum absolute atomic E-state index is 0.0970. The van der Waals surface area contributed by atoms with E-state index in [0.29, 0.717) is 12.3 Å². The third kappa shape index (κ3) is 10.8. The van der Waals surface area contributed by atoms with Gasteiger partial charge in [0.25, 0.3) is 0 Å². The molecule has 10 heteroatoms. The van der Waals surface area contributed by atoms with Crippen molar-refractivity contribution in [3.05, 3.63) is 41.0 Å². The number of likely N-dealkylation sites (tertiary alicyclic amines) is 1. The van der Waals surface area contributed by atoms with E-state index in [-0.39, 0.29) is 48.8 Å². The maximum Gasteiger partial charge on any atom is 0.243 e. The van der Waals surface area contributed by atoms with Gasteiger partial charge in [-0.05, 0) is 36.3 Å². The van der Waals surface area contributed by atoms with Crippen molar-refractivity contribution in [3.63, 3.8) is 0 Å². The maximum atomic E-state index is 12.5. The molecule has 1 aromatic heterocycles. The van der Waals surface area contributed by atoms with Gasteiger partial charge in [-0.3, -0.25) is 14.4 Å². The highest BCUT2D eigenvalue weighted by atomic mass is 32.1. The fraction of sp³-hybridized carbons (Fsp3) is 0.625. The predicted octanol–water partition coefficient (Wildman–Crippen LogP) is 4.72. The van der Waals surface area contributed by atoms with Crippen molar-refractivity contribution in [3.8, 4) is 10.4 Å². The molecule has 236 valence electrons. The number of hydrogen-bond donors (Lipinski definition) is 4. The molecule has 1 fully saturated rings. The van der Waals surface area contributed by atoms with Gasteiger partial charge in [0, 0.05) is 24.9 Å². The number of rotatable bonds is 9. The minimum Gasteiger partial charge on any atom is -0.394 e. The average Bonchev–Trinajstić information content (AvgIpc) is 3.56. The molecule has 0 saturated carbocycles. The van der Waals surface area contributed by atoms with Crippen LogP contribution < -0.4 is 10.6 Å². The fourth-order valence-corrected chi connectivity index (χ4v) is 4.84. The van der Waals surface area contributed by atoms with Crippen LogP contribution in [0.15, 0.2) is 29.8 Å². The Kier molecular flexibility index (Phi) is 15.4. The normalized spacial score (nSPS) is 18.5. The fourth-order valence-electron chi connectivity index (χ4n) is 4.02. The van der Waals surface area contributed by atoms with Crippen molar-refractivity contribution in [1.29, 1.82) is 0 Å². The van der Waals surface area contributed by atoms with Gasteiger partial charge in [-0.15, -0.1) is 11.3 Å². The molecule has 2 aromatic rings. The number of aromatic nitrogens is 1. The van der Waals surface area contributed by atoms with E-state index in [1.54, 1.807) is 16.8 Å². The van der Waals surface area contributed by atoms with Crippen LogP contribution in [0.2, 0.25) is 0 Å². The van der Waals surface area contributed by atoms with Crippen LogP contribution in [0.5, 0.6) is 0 Å². The average molecular weight is 605 g/mol. The third-order valence-electron chi connectivity index (χ3n) is 7.65. The number of amides is 3. The van der Waals surface area contributed by atoms with Gasteiger partial charge in [0.2, 0.25) is 18.2 Å². The molecular formula is C32H52N4O5S. The number of benzene rings is 1. The number of β-amino-alcohol motifs (C(OH)–C–C–N with tert-alkyl or cyclic N) is 1. The Balaban J connectivity index is 0.000000470. The highest BCUT2D eigenvalue weighted by Crippen LogP contribution is 2.28. The highest BCUT2D eigenvalue weighted by Gasteiger charge is 2.36.